The summed E-state index contributed by atoms with van der Waals surface area (Å²) in [6.07, 6.45) is 0.495. The molecule has 0 spiro atoms. The Morgan fingerprint density at radius 1 is 1.33 bits per heavy atom. The van der Waals surface area contributed by atoms with E-state index in [-0.39, 0.29) is 23.2 Å². The molecule has 18 heavy (non-hydrogen) atoms. The molecule has 1 fully saturated rings. The molecule has 3 nitrogen and oxygen atoms in total. The molecule has 1 aliphatic rings. The van der Waals surface area contributed by atoms with Crippen molar-refractivity contribution in [1.29, 1.82) is 0 Å². The van der Waals surface area contributed by atoms with Crippen molar-refractivity contribution in [3.63, 3.8) is 0 Å². The van der Waals surface area contributed by atoms with E-state index in [1.807, 2.05) is 13.8 Å². The second-order valence-electron chi connectivity index (χ2n) is 7.02. The van der Waals surface area contributed by atoms with Crippen LogP contribution in [0.4, 0.5) is 0 Å². The highest BCUT2D eigenvalue weighted by Gasteiger charge is 2.40. The molecule has 0 aromatic carbocycles. The highest BCUT2D eigenvalue weighted by molar-refractivity contribution is 6.74. The maximum Gasteiger partial charge on any atom is 0.192 e. The van der Waals surface area contributed by atoms with Crippen LogP contribution in [0.25, 0.3) is 0 Å². The number of ketones is 1. The van der Waals surface area contributed by atoms with Gasteiger partial charge in [-0.05, 0) is 25.1 Å². The van der Waals surface area contributed by atoms with Crippen molar-refractivity contribution in [3.8, 4) is 0 Å². The Hall–Kier alpha value is -0.193. The van der Waals surface area contributed by atoms with Gasteiger partial charge in [-0.25, -0.2) is 0 Å². The molecule has 1 rings (SSSR count). The molecule has 0 N–H and O–H groups in total. The first kappa shape index (κ1) is 15.9. The summed E-state index contributed by atoms with van der Waals surface area (Å²) in [5, 5.41) is 0.195. The Balaban J connectivity index is 2.60. The Morgan fingerprint density at radius 2 is 1.89 bits per heavy atom. The van der Waals surface area contributed by atoms with Gasteiger partial charge in [-0.2, -0.15) is 0 Å². The number of rotatable bonds is 3. The smallest absolute Gasteiger partial charge is 0.192 e. The van der Waals surface area contributed by atoms with Gasteiger partial charge in [0, 0.05) is 12.3 Å². The third-order valence-electron chi connectivity index (χ3n) is 4.38. The average Bonchev–Trinajstić information content (AvgIpc) is 2.19. The van der Waals surface area contributed by atoms with Crippen LogP contribution in [0.5, 0.6) is 0 Å². The minimum atomic E-state index is -1.75. The topological polar surface area (TPSA) is 35.5 Å². The Kier molecular flexibility index (Phi) is 4.79. The maximum absolute atomic E-state index is 11.8. The lowest BCUT2D eigenvalue weighted by atomic mass is 9.93. The molecular formula is C14H28O3Si. The largest absolute Gasteiger partial charge is 0.414 e. The molecule has 3 atom stereocenters. The van der Waals surface area contributed by atoms with E-state index in [1.54, 1.807) is 0 Å². The molecule has 1 heterocycles. The molecule has 0 saturated carbocycles. The average molecular weight is 272 g/mol. The van der Waals surface area contributed by atoms with E-state index in [1.165, 1.54) is 0 Å². The van der Waals surface area contributed by atoms with Crippen LogP contribution in [0.2, 0.25) is 18.1 Å². The van der Waals surface area contributed by atoms with Crippen molar-refractivity contribution in [2.24, 2.45) is 5.92 Å². The molecular weight excluding hydrogens is 244 g/mol. The maximum atomic E-state index is 11.8. The Morgan fingerprint density at radius 3 is 2.39 bits per heavy atom. The summed E-state index contributed by atoms with van der Waals surface area (Å²) in [5.74, 6) is 0.267. The predicted molar refractivity (Wildman–Crippen MR) is 76.3 cm³/mol. The number of carbonyl (C=O) groups is 1. The van der Waals surface area contributed by atoms with Gasteiger partial charge in [0.2, 0.25) is 0 Å². The second-order valence-corrected chi connectivity index (χ2v) is 11.8. The Bertz CT molecular complexity index is 307. The van der Waals surface area contributed by atoms with Gasteiger partial charge in [0.05, 0.1) is 18.8 Å². The highest BCUT2D eigenvalue weighted by atomic mass is 28.4. The van der Waals surface area contributed by atoms with E-state index in [4.69, 9.17) is 9.16 Å². The summed E-state index contributed by atoms with van der Waals surface area (Å²) in [6, 6.07) is 0. The summed E-state index contributed by atoms with van der Waals surface area (Å²) in [7, 11) is -1.75. The molecule has 0 unspecified atom stereocenters. The minimum Gasteiger partial charge on any atom is -0.414 e. The quantitative estimate of drug-likeness (QED) is 0.739. The molecule has 0 aliphatic carbocycles. The standard InChI is InChI=1S/C14H28O3Si/c1-10-8-12(15)11(2)13(17-10)9-16-18(6,7)14(3,4)5/h10-11,13H,8-9H2,1-7H3/t10-,11+,13+/m1/s1. The van der Waals surface area contributed by atoms with Crippen LogP contribution in [0.3, 0.4) is 0 Å². The van der Waals surface area contributed by atoms with Crippen molar-refractivity contribution in [2.45, 2.75) is 71.4 Å². The van der Waals surface area contributed by atoms with Crippen molar-refractivity contribution >= 4 is 14.1 Å². The van der Waals surface area contributed by atoms with Crippen LogP contribution >= 0.6 is 0 Å². The number of carbonyl (C=O) groups excluding carboxylic acids is 1. The van der Waals surface area contributed by atoms with Gasteiger partial charge in [-0.15, -0.1) is 0 Å². The molecule has 0 aromatic rings. The summed E-state index contributed by atoms with van der Waals surface area (Å²) in [5.41, 5.74) is 0. The van der Waals surface area contributed by atoms with Gasteiger partial charge in [-0.3, -0.25) is 4.79 Å². The number of hydrogen-bond donors (Lipinski definition) is 0. The fourth-order valence-electron chi connectivity index (χ4n) is 1.83. The molecule has 0 amide bonds. The molecule has 0 radical (unpaired) electrons. The van der Waals surface area contributed by atoms with Crippen molar-refractivity contribution < 1.29 is 14.0 Å². The van der Waals surface area contributed by atoms with Crippen LogP contribution in [0.1, 0.15) is 41.0 Å². The van der Waals surface area contributed by atoms with Crippen LogP contribution < -0.4 is 0 Å². The van der Waals surface area contributed by atoms with E-state index in [9.17, 15) is 4.79 Å². The molecule has 4 heteroatoms. The first-order chi connectivity index (χ1) is 8.04. The van der Waals surface area contributed by atoms with Crippen molar-refractivity contribution in [2.75, 3.05) is 6.61 Å². The first-order valence-corrected chi connectivity index (χ1v) is 9.77. The number of ether oxygens (including phenoxy) is 1. The van der Waals surface area contributed by atoms with Gasteiger partial charge in [0.1, 0.15) is 5.78 Å². The third-order valence-corrected chi connectivity index (χ3v) is 8.88. The zero-order valence-corrected chi connectivity index (χ0v) is 13.9. The van der Waals surface area contributed by atoms with E-state index < -0.39 is 8.32 Å². The fourth-order valence-corrected chi connectivity index (χ4v) is 2.85. The zero-order valence-electron chi connectivity index (χ0n) is 12.9. The second kappa shape index (κ2) is 5.43. The number of Topliss-reactive ketones (excluding diaryl/α,β-unsaturated/α-hetero) is 1. The van der Waals surface area contributed by atoms with Crippen LogP contribution in [-0.2, 0) is 14.0 Å². The van der Waals surface area contributed by atoms with E-state index in [2.05, 4.69) is 33.9 Å². The SMILES string of the molecule is C[C@@H]1CC(=O)[C@H](C)[C@H](CO[Si](C)(C)C(C)(C)C)O1. The summed E-state index contributed by atoms with van der Waals surface area (Å²) in [6.45, 7) is 15.6. The van der Waals surface area contributed by atoms with Crippen molar-refractivity contribution in [1.82, 2.24) is 0 Å². The monoisotopic (exact) mass is 272 g/mol. The Labute approximate surface area is 112 Å². The molecule has 0 aromatic heterocycles. The minimum absolute atomic E-state index is 0.0294. The van der Waals surface area contributed by atoms with Gasteiger partial charge in [0.25, 0.3) is 0 Å². The lowest BCUT2D eigenvalue weighted by Gasteiger charge is -2.39. The van der Waals surface area contributed by atoms with Gasteiger partial charge < -0.3 is 9.16 Å². The predicted octanol–water partition coefficient (Wildman–Crippen LogP) is 3.39. The van der Waals surface area contributed by atoms with E-state index >= 15 is 0 Å². The normalized spacial score (nSPS) is 30.6. The first-order valence-electron chi connectivity index (χ1n) is 6.87. The summed E-state index contributed by atoms with van der Waals surface area (Å²) >= 11 is 0. The van der Waals surface area contributed by atoms with E-state index in [0.29, 0.717) is 18.8 Å². The molecule has 1 saturated heterocycles. The third kappa shape index (κ3) is 3.65. The zero-order chi connectivity index (χ0) is 14.1. The lowest BCUT2D eigenvalue weighted by molar-refractivity contribution is -0.146. The molecule has 0 bridgehead atoms. The van der Waals surface area contributed by atoms with Crippen molar-refractivity contribution in [3.05, 3.63) is 0 Å². The lowest BCUT2D eigenvalue weighted by Crippen LogP contribution is -2.47. The summed E-state index contributed by atoms with van der Waals surface area (Å²) in [4.78, 5) is 11.8. The van der Waals surface area contributed by atoms with Crippen LogP contribution in [-0.4, -0.2) is 32.9 Å². The van der Waals surface area contributed by atoms with Gasteiger partial charge in [-0.1, -0.05) is 27.7 Å². The number of hydrogen-bond acceptors (Lipinski definition) is 3. The highest BCUT2D eigenvalue weighted by Crippen LogP contribution is 2.37. The molecule has 1 aliphatic heterocycles. The fraction of sp³-hybridized carbons (Fsp3) is 0.929. The van der Waals surface area contributed by atoms with Crippen LogP contribution in [0, 0.1) is 5.92 Å². The summed E-state index contributed by atoms with van der Waals surface area (Å²) < 4.78 is 12.0. The van der Waals surface area contributed by atoms with Gasteiger partial charge >= 0.3 is 0 Å². The van der Waals surface area contributed by atoms with E-state index in [0.717, 1.165) is 0 Å². The molecule has 106 valence electrons. The van der Waals surface area contributed by atoms with Gasteiger partial charge in [0.15, 0.2) is 8.32 Å². The van der Waals surface area contributed by atoms with Crippen LogP contribution in [0.15, 0.2) is 0 Å².